The van der Waals surface area contributed by atoms with Crippen molar-refractivity contribution in [3.8, 4) is 0 Å². The van der Waals surface area contributed by atoms with E-state index in [1.165, 1.54) is 25.6 Å². The maximum atomic E-state index is 12.6. The van der Waals surface area contributed by atoms with E-state index in [1.54, 1.807) is 7.05 Å². The van der Waals surface area contributed by atoms with Crippen molar-refractivity contribution in [2.75, 3.05) is 30.8 Å². The smallest absolute Gasteiger partial charge is 0.225 e. The summed E-state index contributed by atoms with van der Waals surface area (Å²) in [7, 11) is 1.79. The molecule has 0 radical (unpaired) electrons. The van der Waals surface area contributed by atoms with E-state index in [2.05, 4.69) is 20.6 Å². The van der Waals surface area contributed by atoms with Crippen LogP contribution in [0.25, 0.3) is 0 Å². The van der Waals surface area contributed by atoms with Gasteiger partial charge in [0.15, 0.2) is 11.0 Å². The predicted octanol–water partition coefficient (Wildman–Crippen LogP) is 2.76. The van der Waals surface area contributed by atoms with Crippen LogP contribution in [0, 0.1) is 5.92 Å². The maximum absolute atomic E-state index is 12.6. The molecule has 0 spiro atoms. The molecule has 1 amide bonds. The van der Waals surface area contributed by atoms with Crippen LogP contribution < -0.4 is 10.6 Å². The van der Waals surface area contributed by atoms with Crippen molar-refractivity contribution in [3.05, 3.63) is 11.5 Å². The van der Waals surface area contributed by atoms with Crippen molar-refractivity contribution in [1.29, 1.82) is 0 Å². The molecule has 1 aromatic heterocycles. The van der Waals surface area contributed by atoms with Gasteiger partial charge in [0.25, 0.3) is 0 Å². The van der Waals surface area contributed by atoms with E-state index in [9.17, 15) is 4.79 Å². The van der Waals surface area contributed by atoms with Crippen LogP contribution in [0.5, 0.6) is 0 Å². The average molecular weight is 338 g/mol. The Hall–Kier alpha value is -1.56. The number of nitrogens with zero attached hydrogens (tertiary/aromatic N) is 3. The van der Waals surface area contributed by atoms with Crippen molar-refractivity contribution in [2.45, 2.75) is 44.6 Å². The summed E-state index contributed by atoms with van der Waals surface area (Å²) in [6, 6.07) is 0.209. The van der Waals surface area contributed by atoms with Gasteiger partial charge in [-0.05, 0) is 19.3 Å². The van der Waals surface area contributed by atoms with Crippen LogP contribution in [0.3, 0.4) is 0 Å². The van der Waals surface area contributed by atoms with E-state index in [0.29, 0.717) is 22.6 Å². The fourth-order valence-electron chi connectivity index (χ4n) is 3.57. The summed E-state index contributed by atoms with van der Waals surface area (Å²) < 4.78 is 0. The number of carbonyl (C=O) groups is 1. The van der Waals surface area contributed by atoms with Crippen LogP contribution in [0.15, 0.2) is 6.33 Å². The normalized spacial score (nSPS) is 22.2. The Labute approximate surface area is 142 Å². The first-order chi connectivity index (χ1) is 11.2. The minimum Gasteiger partial charge on any atom is -0.383 e. The van der Waals surface area contributed by atoms with Crippen LogP contribution >= 0.6 is 11.6 Å². The largest absolute Gasteiger partial charge is 0.383 e. The monoisotopic (exact) mass is 337 g/mol. The molecule has 1 unspecified atom stereocenters. The quantitative estimate of drug-likeness (QED) is 0.827. The molecular weight excluding hydrogens is 314 g/mol. The summed E-state index contributed by atoms with van der Waals surface area (Å²) in [4.78, 5) is 22.9. The van der Waals surface area contributed by atoms with E-state index in [0.717, 1.165) is 32.4 Å². The molecule has 1 saturated carbocycles. The second kappa shape index (κ2) is 7.34. The van der Waals surface area contributed by atoms with Crippen LogP contribution in [0.2, 0.25) is 5.15 Å². The summed E-state index contributed by atoms with van der Waals surface area (Å²) >= 11 is 6.08. The maximum Gasteiger partial charge on any atom is 0.225 e. The number of anilines is 2. The third kappa shape index (κ3) is 3.68. The number of halogens is 1. The van der Waals surface area contributed by atoms with E-state index in [-0.39, 0.29) is 12.0 Å². The molecule has 0 bridgehead atoms. The molecule has 3 rings (SSSR count). The molecule has 2 heterocycles. The van der Waals surface area contributed by atoms with Gasteiger partial charge >= 0.3 is 0 Å². The summed E-state index contributed by atoms with van der Waals surface area (Å²) in [5, 5.41) is 6.82. The second-order valence-electron chi connectivity index (χ2n) is 6.39. The topological polar surface area (TPSA) is 70.2 Å². The van der Waals surface area contributed by atoms with Gasteiger partial charge < -0.3 is 15.5 Å². The molecule has 126 valence electrons. The lowest BCUT2D eigenvalue weighted by molar-refractivity contribution is -0.135. The molecule has 23 heavy (non-hydrogen) atoms. The van der Waals surface area contributed by atoms with Crippen molar-refractivity contribution in [2.24, 2.45) is 5.92 Å². The van der Waals surface area contributed by atoms with Gasteiger partial charge in [0.2, 0.25) is 5.91 Å². The first-order valence-corrected chi connectivity index (χ1v) is 8.80. The first-order valence-electron chi connectivity index (χ1n) is 8.42. The lowest BCUT2D eigenvalue weighted by Gasteiger charge is -2.26. The lowest BCUT2D eigenvalue weighted by Crippen LogP contribution is -2.37. The van der Waals surface area contributed by atoms with Crippen LogP contribution in [-0.4, -0.2) is 47.0 Å². The third-order valence-corrected chi connectivity index (χ3v) is 5.13. The molecule has 1 atom stereocenters. The minimum absolute atomic E-state index is 0.209. The highest BCUT2D eigenvalue weighted by Crippen LogP contribution is 2.29. The predicted molar refractivity (Wildman–Crippen MR) is 91.8 cm³/mol. The summed E-state index contributed by atoms with van der Waals surface area (Å²) in [5.74, 6) is 1.27. The van der Waals surface area contributed by atoms with Gasteiger partial charge in [-0.2, -0.15) is 0 Å². The van der Waals surface area contributed by atoms with Crippen LogP contribution in [-0.2, 0) is 4.79 Å². The number of aromatic nitrogens is 2. The standard InChI is InChI=1S/C16H24ClN5O/c1-18-13-14(17)19-10-20-15(13)21-12-7-8-22(9-12)16(23)11-5-3-2-4-6-11/h10-12,18H,2-9H2,1H3,(H,19,20,21). The highest BCUT2D eigenvalue weighted by molar-refractivity contribution is 6.32. The van der Waals surface area contributed by atoms with Crippen LogP contribution in [0.4, 0.5) is 11.5 Å². The van der Waals surface area contributed by atoms with Crippen molar-refractivity contribution < 1.29 is 4.79 Å². The Balaban J connectivity index is 1.60. The van der Waals surface area contributed by atoms with Crippen LogP contribution in [0.1, 0.15) is 38.5 Å². The number of hydrogen-bond acceptors (Lipinski definition) is 5. The number of nitrogens with one attached hydrogen (secondary N) is 2. The molecule has 1 aromatic rings. The zero-order valence-electron chi connectivity index (χ0n) is 13.5. The molecule has 6 nitrogen and oxygen atoms in total. The number of carbonyl (C=O) groups excluding carboxylic acids is 1. The molecule has 2 fully saturated rings. The number of hydrogen-bond donors (Lipinski definition) is 2. The molecule has 1 aliphatic carbocycles. The summed E-state index contributed by atoms with van der Waals surface area (Å²) in [6.45, 7) is 1.56. The van der Waals surface area contributed by atoms with Crippen molar-refractivity contribution in [3.63, 3.8) is 0 Å². The highest BCUT2D eigenvalue weighted by Gasteiger charge is 2.31. The average Bonchev–Trinajstić information content (AvgIpc) is 3.04. The molecule has 2 aliphatic rings. The van der Waals surface area contributed by atoms with Gasteiger partial charge in [0, 0.05) is 32.1 Å². The molecule has 0 aromatic carbocycles. The summed E-state index contributed by atoms with van der Waals surface area (Å²) in [6.07, 6.45) is 8.15. The first kappa shape index (κ1) is 16.3. The molecular formula is C16H24ClN5O. The van der Waals surface area contributed by atoms with Gasteiger partial charge in [0.1, 0.15) is 12.0 Å². The Morgan fingerprint density at radius 2 is 2.04 bits per heavy atom. The zero-order valence-corrected chi connectivity index (χ0v) is 14.3. The summed E-state index contributed by atoms with van der Waals surface area (Å²) in [5.41, 5.74) is 0.700. The molecule has 1 saturated heterocycles. The van der Waals surface area contributed by atoms with E-state index in [4.69, 9.17) is 11.6 Å². The Bertz CT molecular complexity index is 561. The zero-order chi connectivity index (χ0) is 16.2. The number of likely N-dealkylation sites (tertiary alicyclic amines) is 1. The van der Waals surface area contributed by atoms with Gasteiger partial charge in [-0.1, -0.05) is 30.9 Å². The third-order valence-electron chi connectivity index (χ3n) is 4.85. The van der Waals surface area contributed by atoms with Gasteiger partial charge in [-0.3, -0.25) is 4.79 Å². The number of amides is 1. The molecule has 2 N–H and O–H groups in total. The molecule has 7 heteroatoms. The second-order valence-corrected chi connectivity index (χ2v) is 6.75. The SMILES string of the molecule is CNc1c(Cl)ncnc1NC1CCN(C(=O)C2CCCCC2)C1. The lowest BCUT2D eigenvalue weighted by atomic mass is 9.88. The van der Waals surface area contributed by atoms with E-state index >= 15 is 0 Å². The van der Waals surface area contributed by atoms with Gasteiger partial charge in [-0.25, -0.2) is 9.97 Å². The molecule has 1 aliphatic heterocycles. The van der Waals surface area contributed by atoms with Gasteiger partial charge in [-0.15, -0.1) is 0 Å². The Kier molecular flexibility index (Phi) is 5.20. The van der Waals surface area contributed by atoms with Crippen molar-refractivity contribution >= 4 is 29.0 Å². The van der Waals surface area contributed by atoms with Gasteiger partial charge in [0.05, 0.1) is 0 Å². The number of rotatable bonds is 4. The Morgan fingerprint density at radius 1 is 1.26 bits per heavy atom. The Morgan fingerprint density at radius 3 is 2.78 bits per heavy atom. The van der Waals surface area contributed by atoms with Crippen molar-refractivity contribution in [1.82, 2.24) is 14.9 Å². The minimum atomic E-state index is 0.209. The van der Waals surface area contributed by atoms with E-state index in [1.807, 2.05) is 4.90 Å². The fourth-order valence-corrected chi connectivity index (χ4v) is 3.80. The highest BCUT2D eigenvalue weighted by atomic mass is 35.5. The van der Waals surface area contributed by atoms with E-state index < -0.39 is 0 Å². The fraction of sp³-hybridized carbons (Fsp3) is 0.688.